The Morgan fingerprint density at radius 3 is 2.41 bits per heavy atom. The van der Waals surface area contributed by atoms with E-state index in [0.29, 0.717) is 42.2 Å². The van der Waals surface area contributed by atoms with Gasteiger partial charge in [-0.05, 0) is 75.3 Å². The molecule has 412 valence electrons. The van der Waals surface area contributed by atoms with Gasteiger partial charge in [0.05, 0.1) is 56.8 Å². The molecular formula is C47H66F3N11O12PS+. The van der Waals surface area contributed by atoms with E-state index in [9.17, 15) is 56.8 Å². The molecule has 23 nitrogen and oxygen atoms in total. The van der Waals surface area contributed by atoms with Crippen molar-refractivity contribution in [3.63, 3.8) is 0 Å². The highest BCUT2D eigenvalue weighted by Crippen LogP contribution is 2.53. The van der Waals surface area contributed by atoms with Crippen LogP contribution in [-0.4, -0.2) is 154 Å². The average molecular weight is 1100 g/mol. The first kappa shape index (κ1) is 60.0. The number of carbonyl (C=O) groups is 6. The normalized spacial score (nSPS) is 16.2. The average Bonchev–Trinajstić information content (AvgIpc) is 3.90. The Labute approximate surface area is 435 Å². The Kier molecular flexibility index (Phi) is 23.6. The van der Waals surface area contributed by atoms with E-state index in [1.54, 1.807) is 37.0 Å². The summed E-state index contributed by atoms with van der Waals surface area (Å²) in [7, 11) is -3.56. The molecule has 1 saturated heterocycles. The number of ketones is 1. The number of urea groups is 1. The number of aromatic carboxylic acids is 1. The summed E-state index contributed by atoms with van der Waals surface area (Å²) < 4.78 is 59.6. The number of aromatic nitrogens is 3. The number of nitrogens with two attached hydrogens (primary N) is 1. The maximum Gasteiger partial charge on any atom is 0.442 e. The molecule has 1 fully saturated rings. The van der Waals surface area contributed by atoms with Gasteiger partial charge < -0.3 is 51.6 Å². The highest BCUT2D eigenvalue weighted by atomic mass is 32.2. The first-order valence-electron chi connectivity index (χ1n) is 24.5. The topological polar surface area (TPSA) is 332 Å². The monoisotopic (exact) mass is 1100 g/mol. The molecule has 2 aliphatic rings. The summed E-state index contributed by atoms with van der Waals surface area (Å²) in [6, 6.07) is 8.83. The number of hydrogen-bond acceptors (Lipinski definition) is 17. The van der Waals surface area contributed by atoms with Crippen LogP contribution in [0.5, 0.6) is 5.75 Å². The molecule has 3 atom stereocenters. The number of nitrogens with zero attached hydrogens (tertiary/aromatic N) is 5. The van der Waals surface area contributed by atoms with Crippen LogP contribution in [0.3, 0.4) is 0 Å². The summed E-state index contributed by atoms with van der Waals surface area (Å²) in [4.78, 5) is 93.9. The molecule has 0 aliphatic carbocycles. The minimum atomic E-state index is -4.82. The van der Waals surface area contributed by atoms with Crippen molar-refractivity contribution in [3.8, 4) is 5.75 Å². The van der Waals surface area contributed by atoms with Crippen molar-refractivity contribution in [1.82, 2.24) is 41.6 Å². The number of carboxylic acids is 1. The highest BCUT2D eigenvalue weighted by molar-refractivity contribution is 8.00. The van der Waals surface area contributed by atoms with Crippen LogP contribution >= 0.6 is 19.5 Å². The molecular weight excluding hydrogens is 1030 g/mol. The number of primary amides is 1. The zero-order valence-electron chi connectivity index (χ0n) is 41.5. The summed E-state index contributed by atoms with van der Waals surface area (Å²) >= 11 is 1.80. The molecule has 75 heavy (non-hydrogen) atoms. The molecule has 3 heterocycles. The number of nitrogens with one attached hydrogen (secondary N) is 5. The molecule has 5 amide bonds. The number of carboxylic acid groups (broad SMARTS) is 1. The predicted octanol–water partition coefficient (Wildman–Crippen LogP) is 3.76. The van der Waals surface area contributed by atoms with E-state index in [0.717, 1.165) is 43.6 Å². The number of hydrogen-bond donors (Lipinski definition) is 9. The smallest absolute Gasteiger partial charge is 0.442 e. The number of Topliss-reactive ketones (excluding diaryl/α,β-unsaturated/α-hetero) is 1. The Morgan fingerprint density at radius 1 is 0.920 bits per heavy atom. The lowest BCUT2D eigenvalue weighted by atomic mass is 10.00. The van der Waals surface area contributed by atoms with Crippen molar-refractivity contribution in [3.05, 3.63) is 76.6 Å². The van der Waals surface area contributed by atoms with Crippen LogP contribution < -0.4 is 37.1 Å². The van der Waals surface area contributed by atoms with Crippen molar-refractivity contribution in [1.29, 1.82) is 0 Å². The van der Waals surface area contributed by atoms with E-state index in [1.807, 2.05) is 0 Å². The number of thioether (sulfide) groups is 1. The van der Waals surface area contributed by atoms with Crippen LogP contribution in [0.15, 0.2) is 58.9 Å². The molecule has 3 aromatic rings. The van der Waals surface area contributed by atoms with Crippen LogP contribution in [0.2, 0.25) is 0 Å². The number of ether oxygens (including phenoxy) is 3. The lowest BCUT2D eigenvalue weighted by Gasteiger charge is -2.18. The lowest BCUT2D eigenvalue weighted by Crippen LogP contribution is -2.38. The quantitative estimate of drug-likeness (QED) is 0.0299. The van der Waals surface area contributed by atoms with Gasteiger partial charge in [-0.1, -0.05) is 29.8 Å². The molecule has 2 aromatic carbocycles. The Hall–Kier alpha value is -5.83. The molecule has 2 aliphatic heterocycles. The van der Waals surface area contributed by atoms with Gasteiger partial charge in [0.1, 0.15) is 30.8 Å². The summed E-state index contributed by atoms with van der Waals surface area (Å²) in [6.45, 7) is 2.27. The molecule has 28 heteroatoms. The largest absolute Gasteiger partial charge is 0.490 e. The van der Waals surface area contributed by atoms with Gasteiger partial charge in [-0.15, -0.1) is 15.3 Å². The van der Waals surface area contributed by atoms with Crippen molar-refractivity contribution < 1.29 is 71.0 Å². The second-order valence-corrected chi connectivity index (χ2v) is 21.8. The van der Waals surface area contributed by atoms with Crippen molar-refractivity contribution in [2.24, 2.45) is 16.0 Å². The lowest BCUT2D eigenvalue weighted by molar-refractivity contribution is -0.166. The summed E-state index contributed by atoms with van der Waals surface area (Å²) in [5.41, 5.74) is 3.32. The number of carbonyl (C=O) groups excluding carboxylic acids is 5. The number of alkyl halides is 3. The maximum atomic E-state index is 13.8. The van der Waals surface area contributed by atoms with E-state index in [4.69, 9.17) is 19.9 Å². The van der Waals surface area contributed by atoms with E-state index in [-0.39, 0.29) is 118 Å². The molecule has 5 rings (SSSR count). The SMILES string of the molecule is CC(NCC(=O)C[P+](O)(O)CCCCCNC(=O)c1ccc(C2(C(F)(F)F)N=N2)cc1OCCOCCOCCNC(=O)Cn1cc(CNC(=O)CCCCC2CC(NC(N)=O)CS2)nn1)c1cccc(C(=O)O)c1. The van der Waals surface area contributed by atoms with Gasteiger partial charge in [-0.3, -0.25) is 19.2 Å². The molecule has 1 aromatic heterocycles. The van der Waals surface area contributed by atoms with Gasteiger partial charge in [-0.2, -0.15) is 24.9 Å². The molecule has 10 N–H and O–H groups in total. The second kappa shape index (κ2) is 29.5. The van der Waals surface area contributed by atoms with Crippen LogP contribution in [0.25, 0.3) is 0 Å². The summed E-state index contributed by atoms with van der Waals surface area (Å²) in [6.07, 6.45) is 1.33. The van der Waals surface area contributed by atoms with Crippen LogP contribution in [0.1, 0.15) is 102 Å². The van der Waals surface area contributed by atoms with Gasteiger partial charge in [0.2, 0.25) is 11.8 Å². The Bertz CT molecular complexity index is 2430. The van der Waals surface area contributed by atoms with Crippen molar-refractivity contribution >= 4 is 55.0 Å². The zero-order chi connectivity index (χ0) is 54.4. The third-order valence-corrected chi connectivity index (χ3v) is 15.2. The van der Waals surface area contributed by atoms with Gasteiger partial charge in [0.25, 0.3) is 13.6 Å². The molecule has 0 saturated carbocycles. The van der Waals surface area contributed by atoms with Gasteiger partial charge in [0.15, 0.2) is 11.9 Å². The van der Waals surface area contributed by atoms with Gasteiger partial charge in [-0.25, -0.2) is 24.1 Å². The number of rotatable bonds is 35. The molecule has 0 spiro atoms. The predicted molar refractivity (Wildman–Crippen MR) is 269 cm³/mol. The van der Waals surface area contributed by atoms with E-state index >= 15 is 0 Å². The van der Waals surface area contributed by atoms with Gasteiger partial charge in [0, 0.05) is 48.2 Å². The second-order valence-electron chi connectivity index (χ2n) is 18.0. The van der Waals surface area contributed by atoms with Crippen LogP contribution in [-0.2, 0) is 42.6 Å². The number of unbranched alkanes of at least 4 members (excludes halogenated alkanes) is 3. The first-order chi connectivity index (χ1) is 35.7. The first-order valence-corrected chi connectivity index (χ1v) is 27.6. The molecule has 0 radical (unpaired) electrons. The maximum absolute atomic E-state index is 13.8. The van der Waals surface area contributed by atoms with Crippen molar-refractivity contribution in [2.75, 3.05) is 70.7 Å². The van der Waals surface area contributed by atoms with Gasteiger partial charge >= 0.3 is 23.8 Å². The van der Waals surface area contributed by atoms with E-state index in [1.165, 1.54) is 22.9 Å². The fourth-order valence-corrected chi connectivity index (χ4v) is 10.8. The summed E-state index contributed by atoms with van der Waals surface area (Å²) in [5.74, 6) is -1.89. The number of amides is 5. The summed E-state index contributed by atoms with van der Waals surface area (Å²) in [5, 5.41) is 38.0. The minimum Gasteiger partial charge on any atom is -0.490 e. The van der Waals surface area contributed by atoms with E-state index in [2.05, 4.69) is 47.1 Å². The third kappa shape index (κ3) is 20.7. The zero-order valence-corrected chi connectivity index (χ0v) is 43.2. The highest BCUT2D eigenvalue weighted by Gasteiger charge is 2.65. The van der Waals surface area contributed by atoms with Crippen molar-refractivity contribution in [2.45, 2.75) is 101 Å². The van der Waals surface area contributed by atoms with Crippen LogP contribution in [0.4, 0.5) is 18.0 Å². The minimum absolute atomic E-state index is 0.0156. The Balaban J connectivity index is 0.918. The fraction of sp³-hybridized carbons (Fsp3) is 0.574. The third-order valence-electron chi connectivity index (χ3n) is 11.9. The number of benzene rings is 2. The molecule has 0 bridgehead atoms. The van der Waals surface area contributed by atoms with E-state index < -0.39 is 49.4 Å². The molecule has 3 unspecified atom stereocenters. The Morgan fingerprint density at radius 2 is 1.68 bits per heavy atom. The van der Waals surface area contributed by atoms with Crippen LogP contribution in [0, 0.1) is 0 Å². The fourth-order valence-electron chi connectivity index (χ4n) is 7.83. The standard InChI is InChI=1S/C47H65F3N11O12PS/c1-31(32-8-7-9-33(22-32)44(66)67)54-26-37(62)29-74(69,70)21-6-2-5-14-53-43(65)39-13-12-34(46(58-59-46)47(48,49)50)23-40(39)73-20-19-72-18-17-71-16-15-52-42(64)28-61-27-36(57-60-61)25-55-41(63)11-4-3-10-38-24-35(30-75-38)56-45(51)68/h7-9,12-13,22-23,27,31,35,38,54,69-70H,2-6,10-11,14-21,24-26,28-30H2,1H3,(H6-,51,52,53,55,56,63,64,65,66,67,68)/p+1. The number of halogens is 3.